The average Bonchev–Trinajstić information content (AvgIpc) is 3.48. The first-order chi connectivity index (χ1) is 18.5. The summed E-state index contributed by atoms with van der Waals surface area (Å²) in [7, 11) is 0. The van der Waals surface area contributed by atoms with Crippen LogP contribution < -0.4 is 10.1 Å². The van der Waals surface area contributed by atoms with E-state index in [-0.39, 0.29) is 24.3 Å². The van der Waals surface area contributed by atoms with E-state index in [1.807, 2.05) is 35.2 Å². The lowest BCUT2D eigenvalue weighted by atomic mass is 9.72. The van der Waals surface area contributed by atoms with Gasteiger partial charge in [0, 0.05) is 53.1 Å². The number of aromatic amines is 1. The van der Waals surface area contributed by atoms with Gasteiger partial charge in [-0.15, -0.1) is 0 Å². The van der Waals surface area contributed by atoms with Crippen molar-refractivity contribution in [3.05, 3.63) is 83.4 Å². The van der Waals surface area contributed by atoms with Crippen LogP contribution in [0.2, 0.25) is 5.02 Å². The molecule has 4 heterocycles. The number of anilines is 1. The minimum Gasteiger partial charge on any atom is -0.493 e. The van der Waals surface area contributed by atoms with Gasteiger partial charge in [0.05, 0.1) is 35.6 Å². The van der Waals surface area contributed by atoms with Gasteiger partial charge in [0.25, 0.3) is 0 Å². The average molecular weight is 530 g/mol. The molecular formula is C29H28ClN5O3. The number of carbonyl (C=O) groups is 2. The van der Waals surface area contributed by atoms with Crippen LogP contribution in [-0.4, -0.2) is 45.0 Å². The van der Waals surface area contributed by atoms with Crippen molar-refractivity contribution in [1.82, 2.24) is 20.1 Å². The Morgan fingerprint density at radius 2 is 2.05 bits per heavy atom. The van der Waals surface area contributed by atoms with Crippen molar-refractivity contribution < 1.29 is 14.3 Å². The standard InChI is InChI=1S/C29H28ClN5O3/c30-20-8-9-26-22(15-20)29(11-14-38-26,28(37)33-24-18-31-17-19-5-1-2-6-21(19)24)16-27(36)35-13-4-3-7-25(35)23-10-12-32-34-23/h1-2,5-6,8-10,12,15,17-18,25H,3-4,7,11,13-14,16H2,(H,32,34)(H,33,37). The maximum Gasteiger partial charge on any atom is 0.235 e. The van der Waals surface area contributed by atoms with E-state index in [1.165, 1.54) is 0 Å². The number of carbonyl (C=O) groups excluding carboxylic acids is 2. The van der Waals surface area contributed by atoms with E-state index in [2.05, 4.69) is 20.5 Å². The van der Waals surface area contributed by atoms with E-state index in [4.69, 9.17) is 16.3 Å². The molecule has 0 saturated carbocycles. The summed E-state index contributed by atoms with van der Waals surface area (Å²) in [6.07, 6.45) is 8.25. The molecule has 2 unspecified atom stereocenters. The molecule has 2 aromatic heterocycles. The largest absolute Gasteiger partial charge is 0.493 e. The van der Waals surface area contributed by atoms with Gasteiger partial charge in [-0.1, -0.05) is 35.9 Å². The number of benzene rings is 2. The summed E-state index contributed by atoms with van der Waals surface area (Å²) in [5.41, 5.74) is 0.977. The highest BCUT2D eigenvalue weighted by atomic mass is 35.5. The van der Waals surface area contributed by atoms with Gasteiger partial charge in [-0.2, -0.15) is 5.10 Å². The highest BCUT2D eigenvalue weighted by Crippen LogP contribution is 2.45. The fourth-order valence-corrected chi connectivity index (χ4v) is 5.97. The van der Waals surface area contributed by atoms with Crippen molar-refractivity contribution >= 4 is 39.9 Å². The first-order valence-corrected chi connectivity index (χ1v) is 13.3. The Labute approximate surface area is 225 Å². The van der Waals surface area contributed by atoms with Gasteiger partial charge in [-0.3, -0.25) is 19.7 Å². The number of H-pyrrole nitrogens is 1. The number of piperidine rings is 1. The second-order valence-corrected chi connectivity index (χ2v) is 10.4. The Morgan fingerprint density at radius 1 is 1.16 bits per heavy atom. The highest BCUT2D eigenvalue weighted by molar-refractivity contribution is 6.30. The molecule has 2 atom stereocenters. The van der Waals surface area contributed by atoms with Crippen molar-refractivity contribution in [1.29, 1.82) is 0 Å². The number of hydrogen-bond donors (Lipinski definition) is 2. The van der Waals surface area contributed by atoms with E-state index in [0.29, 0.717) is 41.6 Å². The topological polar surface area (TPSA) is 100 Å². The maximum absolute atomic E-state index is 14.3. The summed E-state index contributed by atoms with van der Waals surface area (Å²) in [5.74, 6) is 0.220. The molecule has 2 amide bonds. The van der Waals surface area contributed by atoms with Crippen molar-refractivity contribution in [2.24, 2.45) is 0 Å². The van der Waals surface area contributed by atoms with Crippen LogP contribution >= 0.6 is 11.6 Å². The van der Waals surface area contributed by atoms with Crippen LogP contribution in [0.25, 0.3) is 10.8 Å². The van der Waals surface area contributed by atoms with E-state index >= 15 is 0 Å². The number of ether oxygens (including phenoxy) is 1. The van der Waals surface area contributed by atoms with Crippen molar-refractivity contribution in [3.8, 4) is 5.75 Å². The number of nitrogens with zero attached hydrogens (tertiary/aromatic N) is 3. The molecule has 2 N–H and O–H groups in total. The number of halogens is 1. The molecule has 0 radical (unpaired) electrons. The molecule has 0 spiro atoms. The molecule has 0 aliphatic carbocycles. The molecule has 9 heteroatoms. The van der Waals surface area contributed by atoms with Gasteiger partial charge in [0.15, 0.2) is 0 Å². The van der Waals surface area contributed by atoms with Crippen LogP contribution in [0.4, 0.5) is 5.69 Å². The van der Waals surface area contributed by atoms with Crippen LogP contribution in [-0.2, 0) is 15.0 Å². The lowest BCUT2D eigenvalue weighted by Gasteiger charge is -2.41. The summed E-state index contributed by atoms with van der Waals surface area (Å²) in [6.45, 7) is 0.944. The Bertz CT molecular complexity index is 1490. The molecule has 2 aliphatic rings. The third-order valence-electron chi connectivity index (χ3n) is 7.75. The number of fused-ring (bicyclic) bond motifs is 2. The second kappa shape index (κ2) is 10.1. The van der Waals surface area contributed by atoms with Crippen molar-refractivity contribution in [2.75, 3.05) is 18.5 Å². The minimum absolute atomic E-state index is 0.00162. The number of aromatic nitrogens is 3. The highest BCUT2D eigenvalue weighted by Gasteiger charge is 2.48. The van der Waals surface area contributed by atoms with Crippen LogP contribution in [0.5, 0.6) is 5.75 Å². The number of nitrogens with one attached hydrogen (secondary N) is 2. The summed E-state index contributed by atoms with van der Waals surface area (Å²) in [6, 6.07) is 14.8. The molecule has 1 fully saturated rings. The van der Waals surface area contributed by atoms with Gasteiger partial charge in [-0.05, 0) is 43.5 Å². The summed E-state index contributed by atoms with van der Waals surface area (Å²) in [4.78, 5) is 34.6. The number of likely N-dealkylation sites (tertiary alicyclic amines) is 1. The molecule has 194 valence electrons. The molecular weight excluding hydrogens is 502 g/mol. The SMILES string of the molecule is O=C(CC1(C(=O)Nc2cncc3ccccc23)CCOc2ccc(Cl)cc21)N1CCCCC1c1ccn[nH]1. The Morgan fingerprint density at radius 3 is 2.92 bits per heavy atom. The molecule has 0 bridgehead atoms. The van der Waals surface area contributed by atoms with E-state index in [1.54, 1.807) is 36.8 Å². The third kappa shape index (κ3) is 4.39. The van der Waals surface area contributed by atoms with Gasteiger partial charge < -0.3 is 15.0 Å². The Balaban J connectivity index is 1.39. The molecule has 2 aromatic carbocycles. The Hall–Kier alpha value is -3.91. The fourth-order valence-electron chi connectivity index (χ4n) is 5.80. The van der Waals surface area contributed by atoms with Crippen LogP contribution in [0.3, 0.4) is 0 Å². The molecule has 8 nitrogen and oxygen atoms in total. The lowest BCUT2D eigenvalue weighted by molar-refractivity contribution is -0.140. The van der Waals surface area contributed by atoms with Crippen LogP contribution in [0, 0.1) is 0 Å². The normalized spacial score (nSPS) is 21.0. The minimum atomic E-state index is -1.16. The summed E-state index contributed by atoms with van der Waals surface area (Å²) < 4.78 is 5.92. The van der Waals surface area contributed by atoms with E-state index in [9.17, 15) is 9.59 Å². The molecule has 6 rings (SSSR count). The first-order valence-electron chi connectivity index (χ1n) is 12.9. The van der Waals surface area contributed by atoms with Gasteiger partial charge >= 0.3 is 0 Å². The predicted molar refractivity (Wildman–Crippen MR) is 145 cm³/mol. The van der Waals surface area contributed by atoms with Crippen molar-refractivity contribution in [3.63, 3.8) is 0 Å². The molecule has 1 saturated heterocycles. The van der Waals surface area contributed by atoms with Gasteiger partial charge in [0.2, 0.25) is 11.8 Å². The second-order valence-electron chi connectivity index (χ2n) is 9.97. The first kappa shape index (κ1) is 24.4. The summed E-state index contributed by atoms with van der Waals surface area (Å²) >= 11 is 6.42. The zero-order chi connectivity index (χ0) is 26.1. The number of hydrogen-bond acceptors (Lipinski definition) is 5. The smallest absolute Gasteiger partial charge is 0.235 e. The van der Waals surface area contributed by atoms with E-state index in [0.717, 1.165) is 35.7 Å². The summed E-state index contributed by atoms with van der Waals surface area (Å²) in [5, 5.41) is 12.5. The predicted octanol–water partition coefficient (Wildman–Crippen LogP) is 5.41. The molecule has 4 aromatic rings. The number of amides is 2. The quantitative estimate of drug-likeness (QED) is 0.360. The zero-order valence-electron chi connectivity index (χ0n) is 20.8. The monoisotopic (exact) mass is 529 g/mol. The third-order valence-corrected chi connectivity index (χ3v) is 7.99. The fraction of sp³-hybridized carbons (Fsp3) is 0.310. The molecule has 2 aliphatic heterocycles. The number of rotatable bonds is 5. The Kier molecular flexibility index (Phi) is 6.49. The zero-order valence-corrected chi connectivity index (χ0v) is 21.6. The molecule has 38 heavy (non-hydrogen) atoms. The lowest BCUT2D eigenvalue weighted by Crippen LogP contribution is -2.49. The van der Waals surface area contributed by atoms with Gasteiger partial charge in [0.1, 0.15) is 5.75 Å². The van der Waals surface area contributed by atoms with Crippen LogP contribution in [0.1, 0.15) is 49.4 Å². The van der Waals surface area contributed by atoms with Gasteiger partial charge in [-0.25, -0.2) is 0 Å². The number of pyridine rings is 1. The van der Waals surface area contributed by atoms with E-state index < -0.39 is 5.41 Å². The van der Waals surface area contributed by atoms with Crippen LogP contribution in [0.15, 0.2) is 67.1 Å². The van der Waals surface area contributed by atoms with Crippen molar-refractivity contribution in [2.45, 2.75) is 43.6 Å². The maximum atomic E-state index is 14.3.